The van der Waals surface area contributed by atoms with Gasteiger partial charge in [0.2, 0.25) is 0 Å². The van der Waals surface area contributed by atoms with Gasteiger partial charge in [0, 0.05) is 0 Å². The van der Waals surface area contributed by atoms with Crippen molar-refractivity contribution in [2.45, 2.75) is 11.3 Å². The van der Waals surface area contributed by atoms with Gasteiger partial charge in [-0.1, -0.05) is 24.3 Å². The molecule has 0 spiro atoms. The Kier molecular flexibility index (Phi) is 5.77. The molecule has 3 rings (SSSR count). The number of anilines is 1. The fourth-order valence-corrected chi connectivity index (χ4v) is 4.07. The topological polar surface area (TPSA) is 115 Å². The third-order valence-corrected chi connectivity index (χ3v) is 5.88. The Morgan fingerprint density at radius 2 is 1.81 bits per heavy atom. The molecular formula is C17H15N3O5S2. The molecule has 1 heterocycles. The molecule has 0 radical (unpaired) electrons. The summed E-state index contributed by atoms with van der Waals surface area (Å²) >= 11 is 1.03. The van der Waals surface area contributed by atoms with Crippen LogP contribution in [0.25, 0.3) is 11.0 Å². The predicted molar refractivity (Wildman–Crippen MR) is 100 cm³/mol. The largest absolute Gasteiger partial charge is 0.456 e. The molecule has 3 aromatic rings. The summed E-state index contributed by atoms with van der Waals surface area (Å²) in [7, 11) is -3.58. The van der Waals surface area contributed by atoms with Crippen molar-refractivity contribution in [1.29, 1.82) is 0 Å². The van der Waals surface area contributed by atoms with Crippen LogP contribution in [0.5, 0.6) is 0 Å². The van der Waals surface area contributed by atoms with Crippen molar-refractivity contribution >= 4 is 50.2 Å². The van der Waals surface area contributed by atoms with Gasteiger partial charge in [0.25, 0.3) is 5.91 Å². The number of aromatic nitrogens is 2. The van der Waals surface area contributed by atoms with Crippen molar-refractivity contribution in [2.24, 2.45) is 0 Å². The van der Waals surface area contributed by atoms with Crippen LogP contribution in [-0.4, -0.2) is 41.4 Å². The van der Waals surface area contributed by atoms with Gasteiger partial charge < -0.3 is 10.1 Å². The minimum atomic E-state index is -3.58. The van der Waals surface area contributed by atoms with Crippen molar-refractivity contribution in [3.8, 4) is 0 Å². The molecule has 140 valence electrons. The monoisotopic (exact) mass is 405 g/mol. The van der Waals surface area contributed by atoms with Crippen LogP contribution in [0.2, 0.25) is 0 Å². The average Bonchev–Trinajstić information content (AvgIpc) is 3.15. The molecule has 8 nitrogen and oxygen atoms in total. The standard InChI is InChI=1S/C17H15N3O5S2/c21-15(18-13-7-4-8-14-17(13)20-26-19-14)11-25-16(22)9-10-27(23,24)12-5-2-1-3-6-12/h1-8H,9-11H2,(H,18,21). The Hall–Kier alpha value is -2.85. The van der Waals surface area contributed by atoms with Crippen molar-refractivity contribution in [1.82, 2.24) is 8.75 Å². The van der Waals surface area contributed by atoms with Crippen LogP contribution in [-0.2, 0) is 24.2 Å². The average molecular weight is 405 g/mol. The summed E-state index contributed by atoms with van der Waals surface area (Å²) in [5.41, 5.74) is 1.67. The Labute approximate surface area is 159 Å². The van der Waals surface area contributed by atoms with Gasteiger partial charge in [0.1, 0.15) is 11.0 Å². The number of benzene rings is 2. The Bertz CT molecular complexity index is 1060. The van der Waals surface area contributed by atoms with E-state index in [1.54, 1.807) is 36.4 Å². The van der Waals surface area contributed by atoms with Gasteiger partial charge in [-0.25, -0.2) is 8.42 Å². The maximum atomic E-state index is 12.1. The van der Waals surface area contributed by atoms with E-state index in [0.29, 0.717) is 16.7 Å². The van der Waals surface area contributed by atoms with E-state index < -0.39 is 28.3 Å². The highest BCUT2D eigenvalue weighted by Crippen LogP contribution is 2.21. The van der Waals surface area contributed by atoms with Crippen molar-refractivity contribution < 1.29 is 22.7 Å². The number of nitrogens with one attached hydrogen (secondary N) is 1. The number of rotatable bonds is 7. The number of fused-ring (bicyclic) bond motifs is 1. The Morgan fingerprint density at radius 3 is 2.59 bits per heavy atom. The third-order valence-electron chi connectivity index (χ3n) is 3.60. The number of carbonyl (C=O) groups is 2. The summed E-state index contributed by atoms with van der Waals surface area (Å²) in [6.45, 7) is -0.516. The summed E-state index contributed by atoms with van der Waals surface area (Å²) in [4.78, 5) is 23.9. The highest BCUT2D eigenvalue weighted by atomic mass is 32.2. The second-order valence-corrected chi connectivity index (χ2v) is 8.17. The number of amides is 1. The van der Waals surface area contributed by atoms with Crippen LogP contribution in [0.4, 0.5) is 5.69 Å². The van der Waals surface area contributed by atoms with E-state index in [-0.39, 0.29) is 17.1 Å². The first-order valence-corrected chi connectivity index (χ1v) is 10.3. The molecule has 2 aromatic carbocycles. The number of hydrogen-bond donors (Lipinski definition) is 1. The van der Waals surface area contributed by atoms with Crippen LogP contribution in [0.1, 0.15) is 6.42 Å². The number of hydrogen-bond acceptors (Lipinski definition) is 8. The molecule has 10 heteroatoms. The first-order valence-electron chi connectivity index (χ1n) is 7.90. The molecule has 0 aliphatic rings. The summed E-state index contributed by atoms with van der Waals surface area (Å²) in [5, 5.41) is 2.59. The van der Waals surface area contributed by atoms with E-state index in [9.17, 15) is 18.0 Å². The van der Waals surface area contributed by atoms with Gasteiger partial charge in [-0.3, -0.25) is 9.59 Å². The van der Waals surface area contributed by atoms with E-state index in [0.717, 1.165) is 11.7 Å². The number of ether oxygens (including phenoxy) is 1. The molecule has 0 aliphatic heterocycles. The number of sulfone groups is 1. The van der Waals surface area contributed by atoms with Crippen LogP contribution < -0.4 is 5.32 Å². The molecule has 0 atom stereocenters. The van der Waals surface area contributed by atoms with E-state index in [1.807, 2.05) is 0 Å². The molecule has 0 unspecified atom stereocenters. The van der Waals surface area contributed by atoms with Crippen LogP contribution in [0.3, 0.4) is 0 Å². The zero-order valence-corrected chi connectivity index (χ0v) is 15.6. The van der Waals surface area contributed by atoms with Gasteiger partial charge in [0.15, 0.2) is 16.4 Å². The second-order valence-electron chi connectivity index (χ2n) is 5.53. The highest BCUT2D eigenvalue weighted by Gasteiger charge is 2.17. The number of nitrogens with zero attached hydrogens (tertiary/aromatic N) is 2. The SMILES string of the molecule is O=C(COC(=O)CCS(=O)(=O)c1ccccc1)Nc1cccc2nsnc12. The van der Waals surface area contributed by atoms with Crippen molar-refractivity contribution in [3.05, 3.63) is 48.5 Å². The van der Waals surface area contributed by atoms with Gasteiger partial charge in [-0.05, 0) is 24.3 Å². The fourth-order valence-electron chi connectivity index (χ4n) is 2.27. The minimum Gasteiger partial charge on any atom is -0.456 e. The first kappa shape index (κ1) is 18.9. The number of carbonyl (C=O) groups excluding carboxylic acids is 2. The molecule has 0 fully saturated rings. The van der Waals surface area contributed by atoms with Crippen molar-refractivity contribution in [2.75, 3.05) is 17.7 Å². The molecule has 0 saturated carbocycles. The summed E-state index contributed by atoms with van der Waals surface area (Å²) in [6.07, 6.45) is -0.337. The molecule has 1 amide bonds. The Balaban J connectivity index is 1.49. The van der Waals surface area contributed by atoms with Gasteiger partial charge in [-0.2, -0.15) is 8.75 Å². The third kappa shape index (κ3) is 4.86. The second kappa shape index (κ2) is 8.23. The fraction of sp³-hybridized carbons (Fsp3) is 0.176. The molecule has 27 heavy (non-hydrogen) atoms. The van der Waals surface area contributed by atoms with E-state index >= 15 is 0 Å². The van der Waals surface area contributed by atoms with Crippen LogP contribution >= 0.6 is 11.7 Å². The van der Waals surface area contributed by atoms with E-state index in [1.165, 1.54) is 12.1 Å². The normalized spacial score (nSPS) is 11.3. The summed E-state index contributed by atoms with van der Waals surface area (Å²) in [6, 6.07) is 13.0. The quantitative estimate of drug-likeness (QED) is 0.598. The smallest absolute Gasteiger partial charge is 0.307 e. The summed E-state index contributed by atoms with van der Waals surface area (Å²) < 4.78 is 37.2. The minimum absolute atomic E-state index is 0.139. The zero-order chi connectivity index (χ0) is 19.3. The lowest BCUT2D eigenvalue weighted by atomic mass is 10.2. The molecule has 1 N–H and O–H groups in total. The zero-order valence-electron chi connectivity index (χ0n) is 14.0. The molecule has 1 aromatic heterocycles. The molecule has 0 bridgehead atoms. The first-order chi connectivity index (χ1) is 13.0. The van der Waals surface area contributed by atoms with Crippen LogP contribution in [0, 0.1) is 0 Å². The van der Waals surface area contributed by atoms with Crippen molar-refractivity contribution in [3.63, 3.8) is 0 Å². The van der Waals surface area contributed by atoms with E-state index in [2.05, 4.69) is 14.1 Å². The molecule has 0 saturated heterocycles. The lowest BCUT2D eigenvalue weighted by Crippen LogP contribution is -2.22. The maximum Gasteiger partial charge on any atom is 0.307 e. The summed E-state index contributed by atoms with van der Waals surface area (Å²) in [5.74, 6) is -1.70. The lowest BCUT2D eigenvalue weighted by Gasteiger charge is -2.07. The maximum absolute atomic E-state index is 12.1. The van der Waals surface area contributed by atoms with Gasteiger partial charge in [-0.15, -0.1) is 0 Å². The van der Waals surface area contributed by atoms with Crippen LogP contribution in [0.15, 0.2) is 53.4 Å². The van der Waals surface area contributed by atoms with E-state index in [4.69, 9.17) is 4.74 Å². The predicted octanol–water partition coefficient (Wildman–Crippen LogP) is 2.04. The molecule has 0 aliphatic carbocycles. The highest BCUT2D eigenvalue weighted by molar-refractivity contribution is 7.91. The van der Waals surface area contributed by atoms with Gasteiger partial charge in [0.05, 0.1) is 34.5 Å². The lowest BCUT2D eigenvalue weighted by molar-refractivity contribution is -0.146. The number of esters is 1. The van der Waals surface area contributed by atoms with Gasteiger partial charge >= 0.3 is 5.97 Å². The molecular weight excluding hydrogens is 390 g/mol. The Morgan fingerprint density at radius 1 is 1.04 bits per heavy atom.